The van der Waals surface area contributed by atoms with Crippen molar-refractivity contribution in [2.45, 2.75) is 45.6 Å². The number of halogens is 1. The van der Waals surface area contributed by atoms with Gasteiger partial charge in [-0.15, -0.1) is 0 Å². The van der Waals surface area contributed by atoms with Gasteiger partial charge in [0.05, 0.1) is 0 Å². The van der Waals surface area contributed by atoms with E-state index < -0.39 is 0 Å². The fraction of sp³-hybridized carbons (Fsp3) is 0.600. The van der Waals surface area contributed by atoms with Gasteiger partial charge in [-0.2, -0.15) is 0 Å². The van der Waals surface area contributed by atoms with Crippen LogP contribution in [0.25, 0.3) is 0 Å². The molecule has 2 N–H and O–H groups in total. The molecule has 0 saturated heterocycles. The third-order valence-electron chi connectivity index (χ3n) is 4.27. The predicted molar refractivity (Wildman–Crippen MR) is 76.0 cm³/mol. The molecule has 0 spiro atoms. The maximum Gasteiger partial charge on any atom is 0.120 e. The van der Waals surface area contributed by atoms with Crippen molar-refractivity contribution in [1.82, 2.24) is 5.32 Å². The Bertz CT molecular complexity index is 399. The minimum absolute atomic E-state index is 0.323. The molecule has 0 unspecified atom stereocenters. The van der Waals surface area contributed by atoms with Gasteiger partial charge in [0.2, 0.25) is 0 Å². The number of phenols is 1. The Morgan fingerprint density at radius 1 is 1.33 bits per heavy atom. The summed E-state index contributed by atoms with van der Waals surface area (Å²) in [5, 5.41) is 13.9. The summed E-state index contributed by atoms with van der Waals surface area (Å²) in [5.41, 5.74) is 1.36. The van der Waals surface area contributed by atoms with Crippen molar-refractivity contribution in [3.8, 4) is 5.75 Å². The first-order chi connectivity index (χ1) is 8.65. The molecule has 0 amide bonds. The molecule has 18 heavy (non-hydrogen) atoms. The van der Waals surface area contributed by atoms with Crippen molar-refractivity contribution in [1.29, 1.82) is 0 Å². The van der Waals surface area contributed by atoms with Gasteiger partial charge in [-0.05, 0) is 42.9 Å². The van der Waals surface area contributed by atoms with E-state index in [1.807, 2.05) is 6.07 Å². The fourth-order valence-corrected chi connectivity index (χ4v) is 3.13. The molecule has 1 aliphatic carbocycles. The highest BCUT2D eigenvalue weighted by atomic mass is 35.5. The number of phenolic OH excluding ortho intramolecular Hbond substituents is 1. The van der Waals surface area contributed by atoms with Gasteiger partial charge in [0.25, 0.3) is 0 Å². The molecule has 1 saturated carbocycles. The van der Waals surface area contributed by atoms with Crippen LogP contribution in [-0.2, 0) is 6.54 Å². The zero-order valence-corrected chi connectivity index (χ0v) is 11.8. The van der Waals surface area contributed by atoms with Crippen molar-refractivity contribution in [3.05, 3.63) is 28.8 Å². The average molecular weight is 268 g/mol. The van der Waals surface area contributed by atoms with Crippen LogP contribution in [0.3, 0.4) is 0 Å². The normalized spacial score (nSPS) is 18.1. The summed E-state index contributed by atoms with van der Waals surface area (Å²) in [6.07, 6.45) is 6.62. The highest BCUT2D eigenvalue weighted by molar-refractivity contribution is 6.30. The Kier molecular flexibility index (Phi) is 4.52. The molecule has 0 aromatic heterocycles. The maximum absolute atomic E-state index is 9.75. The van der Waals surface area contributed by atoms with E-state index in [2.05, 4.69) is 12.2 Å². The highest BCUT2D eigenvalue weighted by Crippen LogP contribution is 2.40. The van der Waals surface area contributed by atoms with Gasteiger partial charge in [0.15, 0.2) is 0 Å². The van der Waals surface area contributed by atoms with E-state index >= 15 is 0 Å². The predicted octanol–water partition coefficient (Wildman–Crippen LogP) is 4.11. The largest absolute Gasteiger partial charge is 0.508 e. The van der Waals surface area contributed by atoms with E-state index in [0.717, 1.165) is 12.1 Å². The van der Waals surface area contributed by atoms with Crippen LogP contribution < -0.4 is 5.32 Å². The minimum Gasteiger partial charge on any atom is -0.508 e. The lowest BCUT2D eigenvalue weighted by molar-refractivity contribution is 0.267. The standard InChI is InChI=1S/C15H22ClNO/c1-2-15(7-3-4-8-15)11-17-10-12-9-13(16)5-6-14(12)18/h5-6,9,17-18H,2-4,7-8,10-11H2,1H3. The van der Waals surface area contributed by atoms with Gasteiger partial charge in [-0.1, -0.05) is 31.4 Å². The third kappa shape index (κ3) is 3.18. The van der Waals surface area contributed by atoms with E-state index in [1.54, 1.807) is 12.1 Å². The molecule has 1 aliphatic rings. The van der Waals surface area contributed by atoms with Crippen LogP contribution in [0.15, 0.2) is 18.2 Å². The van der Waals surface area contributed by atoms with Crippen LogP contribution in [0.5, 0.6) is 5.75 Å². The van der Waals surface area contributed by atoms with E-state index in [-0.39, 0.29) is 0 Å². The van der Waals surface area contributed by atoms with Crippen LogP contribution in [0, 0.1) is 5.41 Å². The lowest BCUT2D eigenvalue weighted by Crippen LogP contribution is -2.31. The topological polar surface area (TPSA) is 32.3 Å². The van der Waals surface area contributed by atoms with Crippen LogP contribution in [-0.4, -0.2) is 11.7 Å². The van der Waals surface area contributed by atoms with Gasteiger partial charge >= 0.3 is 0 Å². The summed E-state index contributed by atoms with van der Waals surface area (Å²) in [6, 6.07) is 5.20. The summed E-state index contributed by atoms with van der Waals surface area (Å²) in [6.45, 7) is 4.01. The van der Waals surface area contributed by atoms with Gasteiger partial charge in [-0.25, -0.2) is 0 Å². The highest BCUT2D eigenvalue weighted by Gasteiger charge is 2.31. The summed E-state index contributed by atoms with van der Waals surface area (Å²) in [4.78, 5) is 0. The zero-order chi connectivity index (χ0) is 13.0. The Labute approximate surface area is 114 Å². The first-order valence-electron chi connectivity index (χ1n) is 6.83. The molecule has 0 atom stereocenters. The van der Waals surface area contributed by atoms with Gasteiger partial charge in [-0.3, -0.25) is 0 Å². The molecule has 1 aromatic rings. The molecule has 0 bridgehead atoms. The van der Waals surface area contributed by atoms with Crippen molar-refractivity contribution >= 4 is 11.6 Å². The second-order valence-electron chi connectivity index (χ2n) is 5.44. The minimum atomic E-state index is 0.323. The van der Waals surface area contributed by atoms with Gasteiger partial charge in [0.1, 0.15) is 5.75 Å². The monoisotopic (exact) mass is 267 g/mol. The van der Waals surface area contributed by atoms with Crippen LogP contribution in [0.1, 0.15) is 44.6 Å². The molecule has 1 fully saturated rings. The molecule has 3 heteroatoms. The molecule has 1 aromatic carbocycles. The number of nitrogens with one attached hydrogen (secondary N) is 1. The number of rotatable bonds is 5. The lowest BCUT2D eigenvalue weighted by Gasteiger charge is -2.27. The second-order valence-corrected chi connectivity index (χ2v) is 5.87. The summed E-state index contributed by atoms with van der Waals surface area (Å²) < 4.78 is 0. The molecule has 0 radical (unpaired) electrons. The Morgan fingerprint density at radius 2 is 2.06 bits per heavy atom. The number of benzene rings is 1. The van der Waals surface area contributed by atoms with Crippen molar-refractivity contribution in [3.63, 3.8) is 0 Å². The van der Waals surface area contributed by atoms with Crippen LogP contribution in [0.4, 0.5) is 0 Å². The maximum atomic E-state index is 9.75. The SMILES string of the molecule is CCC1(CNCc2cc(Cl)ccc2O)CCCC1. The van der Waals surface area contributed by atoms with Crippen molar-refractivity contribution in [2.24, 2.45) is 5.41 Å². The summed E-state index contributed by atoms with van der Waals surface area (Å²) in [5.74, 6) is 0.323. The summed E-state index contributed by atoms with van der Waals surface area (Å²) >= 11 is 5.94. The van der Waals surface area contributed by atoms with Gasteiger partial charge in [0, 0.05) is 23.7 Å². The number of hydrogen-bond donors (Lipinski definition) is 2. The molecular formula is C15H22ClNO. The molecule has 2 nitrogen and oxygen atoms in total. The first-order valence-corrected chi connectivity index (χ1v) is 7.21. The molecule has 100 valence electrons. The number of hydrogen-bond acceptors (Lipinski definition) is 2. The smallest absolute Gasteiger partial charge is 0.120 e. The fourth-order valence-electron chi connectivity index (χ4n) is 2.94. The third-order valence-corrected chi connectivity index (χ3v) is 4.51. The lowest BCUT2D eigenvalue weighted by atomic mass is 9.83. The summed E-state index contributed by atoms with van der Waals surface area (Å²) in [7, 11) is 0. The van der Waals surface area contributed by atoms with Crippen LogP contribution in [0.2, 0.25) is 5.02 Å². The number of aromatic hydroxyl groups is 1. The average Bonchev–Trinajstić information content (AvgIpc) is 2.83. The van der Waals surface area contributed by atoms with Crippen molar-refractivity contribution in [2.75, 3.05) is 6.54 Å². The van der Waals surface area contributed by atoms with E-state index in [4.69, 9.17) is 11.6 Å². The Balaban J connectivity index is 1.89. The van der Waals surface area contributed by atoms with Crippen LogP contribution >= 0.6 is 11.6 Å². The Hall–Kier alpha value is -0.730. The second kappa shape index (κ2) is 5.94. The van der Waals surface area contributed by atoms with E-state index in [9.17, 15) is 5.11 Å². The Morgan fingerprint density at radius 3 is 2.72 bits per heavy atom. The zero-order valence-electron chi connectivity index (χ0n) is 11.0. The molecule has 2 rings (SSSR count). The molecule has 0 heterocycles. The molecular weight excluding hydrogens is 246 g/mol. The van der Waals surface area contributed by atoms with E-state index in [1.165, 1.54) is 32.1 Å². The quantitative estimate of drug-likeness (QED) is 0.842. The first kappa shape index (κ1) is 13.7. The van der Waals surface area contributed by atoms with Crippen molar-refractivity contribution < 1.29 is 5.11 Å². The van der Waals surface area contributed by atoms with Gasteiger partial charge < -0.3 is 10.4 Å². The van der Waals surface area contributed by atoms with E-state index in [0.29, 0.717) is 22.7 Å². The molecule has 0 aliphatic heterocycles.